The number of hydrogen-bond acceptors (Lipinski definition) is 3. The summed E-state index contributed by atoms with van der Waals surface area (Å²) in [5.74, 6) is 0.514. The molecule has 4 nitrogen and oxygen atoms in total. The highest BCUT2D eigenvalue weighted by atomic mass is 16.5. The van der Waals surface area contributed by atoms with Gasteiger partial charge in [-0.25, -0.2) is 0 Å². The Kier molecular flexibility index (Phi) is 3.61. The number of nitrogens with zero attached hydrogens (tertiary/aromatic N) is 2. The summed E-state index contributed by atoms with van der Waals surface area (Å²) in [6.45, 7) is 3.81. The minimum absolute atomic E-state index is 0.197. The van der Waals surface area contributed by atoms with Crippen molar-refractivity contribution in [2.75, 3.05) is 13.2 Å². The lowest BCUT2D eigenvalue weighted by Gasteiger charge is -2.17. The van der Waals surface area contributed by atoms with E-state index in [9.17, 15) is 0 Å². The van der Waals surface area contributed by atoms with Gasteiger partial charge in [-0.2, -0.15) is 5.10 Å². The van der Waals surface area contributed by atoms with E-state index in [1.54, 1.807) is 0 Å². The van der Waals surface area contributed by atoms with Crippen molar-refractivity contribution in [2.45, 2.75) is 32.2 Å². The first kappa shape index (κ1) is 11.6. The number of rotatable bonds is 4. The first-order valence-corrected chi connectivity index (χ1v) is 6.05. The zero-order valence-electron chi connectivity index (χ0n) is 10.1. The van der Waals surface area contributed by atoms with Crippen LogP contribution in [0.25, 0.3) is 0 Å². The van der Waals surface area contributed by atoms with Gasteiger partial charge in [-0.05, 0) is 24.8 Å². The van der Waals surface area contributed by atoms with Crippen LogP contribution < -0.4 is 5.73 Å². The van der Waals surface area contributed by atoms with Crippen molar-refractivity contribution in [3.8, 4) is 0 Å². The van der Waals surface area contributed by atoms with Gasteiger partial charge in [0, 0.05) is 31.8 Å². The van der Waals surface area contributed by atoms with Gasteiger partial charge in [0.15, 0.2) is 0 Å². The molecule has 90 valence electrons. The molecule has 16 heavy (non-hydrogen) atoms. The van der Waals surface area contributed by atoms with E-state index in [1.807, 2.05) is 11.7 Å². The molecule has 0 amide bonds. The number of nitrogens with two attached hydrogens (primary N) is 1. The zero-order valence-corrected chi connectivity index (χ0v) is 10.1. The lowest BCUT2D eigenvalue weighted by atomic mass is 9.96. The summed E-state index contributed by atoms with van der Waals surface area (Å²) in [6.07, 6.45) is 2.98. The molecule has 2 heterocycles. The van der Waals surface area contributed by atoms with E-state index >= 15 is 0 Å². The fourth-order valence-electron chi connectivity index (χ4n) is 2.23. The van der Waals surface area contributed by atoms with Gasteiger partial charge in [-0.1, -0.05) is 6.92 Å². The maximum atomic E-state index is 6.21. The van der Waals surface area contributed by atoms with E-state index in [-0.39, 0.29) is 6.04 Å². The van der Waals surface area contributed by atoms with Gasteiger partial charge in [0.05, 0.1) is 12.3 Å². The Morgan fingerprint density at radius 1 is 1.69 bits per heavy atom. The summed E-state index contributed by atoms with van der Waals surface area (Å²) in [6, 6.07) is 2.36. The largest absolute Gasteiger partial charge is 0.381 e. The highest BCUT2D eigenvalue weighted by Gasteiger charge is 2.23. The van der Waals surface area contributed by atoms with Crippen LogP contribution in [-0.2, 0) is 24.6 Å². The van der Waals surface area contributed by atoms with Crippen LogP contribution in [0.3, 0.4) is 0 Å². The number of aryl methyl sites for hydroxylation is 2. The SMILES string of the molecule is CCc1cc(CC(N)C2CCOC2)n(C)n1. The molecule has 1 aromatic rings. The van der Waals surface area contributed by atoms with E-state index in [4.69, 9.17) is 10.5 Å². The molecular formula is C12H21N3O. The minimum Gasteiger partial charge on any atom is -0.381 e. The number of hydrogen-bond donors (Lipinski definition) is 1. The van der Waals surface area contributed by atoms with E-state index in [2.05, 4.69) is 18.1 Å². The molecule has 1 saturated heterocycles. The summed E-state index contributed by atoms with van der Waals surface area (Å²) < 4.78 is 7.32. The fraction of sp³-hybridized carbons (Fsp3) is 0.750. The zero-order chi connectivity index (χ0) is 11.5. The molecule has 1 aromatic heterocycles. The van der Waals surface area contributed by atoms with Crippen molar-refractivity contribution in [3.05, 3.63) is 17.5 Å². The monoisotopic (exact) mass is 223 g/mol. The Morgan fingerprint density at radius 2 is 2.50 bits per heavy atom. The third-order valence-electron chi connectivity index (χ3n) is 3.40. The average molecular weight is 223 g/mol. The summed E-state index contributed by atoms with van der Waals surface area (Å²) in [7, 11) is 1.99. The molecule has 0 spiro atoms. The number of ether oxygens (including phenoxy) is 1. The van der Waals surface area contributed by atoms with Crippen molar-refractivity contribution in [1.29, 1.82) is 0 Å². The molecule has 2 N–H and O–H groups in total. The van der Waals surface area contributed by atoms with Crippen LogP contribution >= 0.6 is 0 Å². The average Bonchev–Trinajstić information content (AvgIpc) is 2.88. The second-order valence-electron chi connectivity index (χ2n) is 4.60. The predicted molar refractivity (Wildman–Crippen MR) is 63.2 cm³/mol. The minimum atomic E-state index is 0.197. The van der Waals surface area contributed by atoms with Crippen LogP contribution in [0.2, 0.25) is 0 Å². The molecular weight excluding hydrogens is 202 g/mol. The van der Waals surface area contributed by atoms with Crippen molar-refractivity contribution in [1.82, 2.24) is 9.78 Å². The second kappa shape index (κ2) is 4.97. The molecule has 0 aromatic carbocycles. The van der Waals surface area contributed by atoms with Crippen LogP contribution in [0, 0.1) is 5.92 Å². The van der Waals surface area contributed by atoms with Gasteiger partial charge in [0.2, 0.25) is 0 Å². The first-order valence-electron chi connectivity index (χ1n) is 6.05. The molecule has 0 aliphatic carbocycles. The fourth-order valence-corrected chi connectivity index (χ4v) is 2.23. The molecule has 0 radical (unpaired) electrons. The van der Waals surface area contributed by atoms with Gasteiger partial charge in [-0.3, -0.25) is 4.68 Å². The van der Waals surface area contributed by atoms with Crippen LogP contribution in [0.4, 0.5) is 0 Å². The van der Waals surface area contributed by atoms with Crippen LogP contribution in [0.5, 0.6) is 0 Å². The Hall–Kier alpha value is -0.870. The van der Waals surface area contributed by atoms with Gasteiger partial charge in [0.25, 0.3) is 0 Å². The smallest absolute Gasteiger partial charge is 0.0624 e. The molecule has 2 atom stereocenters. The van der Waals surface area contributed by atoms with Gasteiger partial charge >= 0.3 is 0 Å². The van der Waals surface area contributed by atoms with Crippen molar-refractivity contribution in [3.63, 3.8) is 0 Å². The van der Waals surface area contributed by atoms with E-state index in [1.165, 1.54) is 5.69 Å². The molecule has 2 rings (SSSR count). The summed E-state index contributed by atoms with van der Waals surface area (Å²) in [5, 5.41) is 4.44. The Morgan fingerprint density at radius 3 is 3.06 bits per heavy atom. The number of aromatic nitrogens is 2. The molecule has 0 saturated carbocycles. The van der Waals surface area contributed by atoms with E-state index in [0.29, 0.717) is 5.92 Å². The van der Waals surface area contributed by atoms with Crippen LogP contribution in [0.15, 0.2) is 6.07 Å². The van der Waals surface area contributed by atoms with Gasteiger partial charge in [0.1, 0.15) is 0 Å². The summed E-state index contributed by atoms with van der Waals surface area (Å²) in [5.41, 5.74) is 8.59. The first-order chi connectivity index (χ1) is 7.70. The lowest BCUT2D eigenvalue weighted by molar-refractivity contribution is 0.180. The highest BCUT2D eigenvalue weighted by Crippen LogP contribution is 2.18. The predicted octanol–water partition coefficient (Wildman–Crippen LogP) is 0.889. The van der Waals surface area contributed by atoms with Crippen molar-refractivity contribution >= 4 is 0 Å². The molecule has 2 unspecified atom stereocenters. The van der Waals surface area contributed by atoms with E-state index < -0.39 is 0 Å². The molecule has 1 fully saturated rings. The Labute approximate surface area is 96.8 Å². The Balaban J connectivity index is 1.99. The third-order valence-corrected chi connectivity index (χ3v) is 3.40. The topological polar surface area (TPSA) is 53.1 Å². The molecule has 1 aliphatic heterocycles. The van der Waals surface area contributed by atoms with Crippen molar-refractivity contribution < 1.29 is 4.74 Å². The van der Waals surface area contributed by atoms with E-state index in [0.717, 1.165) is 38.2 Å². The molecule has 1 aliphatic rings. The summed E-state index contributed by atoms with van der Waals surface area (Å²) in [4.78, 5) is 0. The van der Waals surface area contributed by atoms with Gasteiger partial charge in [-0.15, -0.1) is 0 Å². The van der Waals surface area contributed by atoms with Crippen LogP contribution in [-0.4, -0.2) is 29.0 Å². The standard InChI is InChI=1S/C12H21N3O/c1-3-10-6-11(15(2)14-10)7-12(13)9-4-5-16-8-9/h6,9,12H,3-5,7-8,13H2,1-2H3. The maximum absolute atomic E-state index is 6.21. The third kappa shape index (κ3) is 2.44. The maximum Gasteiger partial charge on any atom is 0.0624 e. The Bertz CT molecular complexity index is 342. The van der Waals surface area contributed by atoms with Crippen LogP contribution in [0.1, 0.15) is 24.7 Å². The normalized spacial score (nSPS) is 22.6. The highest BCUT2D eigenvalue weighted by molar-refractivity contribution is 5.11. The van der Waals surface area contributed by atoms with Gasteiger partial charge < -0.3 is 10.5 Å². The molecule has 0 bridgehead atoms. The second-order valence-corrected chi connectivity index (χ2v) is 4.60. The summed E-state index contributed by atoms with van der Waals surface area (Å²) >= 11 is 0. The molecule has 4 heteroatoms. The lowest BCUT2D eigenvalue weighted by Crippen LogP contribution is -2.33. The van der Waals surface area contributed by atoms with Crippen molar-refractivity contribution in [2.24, 2.45) is 18.7 Å². The quantitative estimate of drug-likeness (QED) is 0.824.